The van der Waals surface area contributed by atoms with Gasteiger partial charge in [-0.05, 0) is 21.5 Å². The fraction of sp³-hybridized carbons (Fsp3) is 0. The van der Waals surface area contributed by atoms with E-state index in [0.717, 1.165) is 21.5 Å². The summed E-state index contributed by atoms with van der Waals surface area (Å²) in [6.07, 6.45) is 2.70. The van der Waals surface area contributed by atoms with Gasteiger partial charge in [0.15, 0.2) is 23.1 Å². The van der Waals surface area contributed by atoms with E-state index < -0.39 is 0 Å². The van der Waals surface area contributed by atoms with Crippen molar-refractivity contribution in [2.75, 3.05) is 0 Å². The van der Waals surface area contributed by atoms with E-state index in [1.807, 2.05) is 48.5 Å². The second-order valence-corrected chi connectivity index (χ2v) is 7.23. The van der Waals surface area contributed by atoms with Crippen LogP contribution in [0.5, 0.6) is 0 Å². The summed E-state index contributed by atoms with van der Waals surface area (Å²) in [4.78, 5) is 52.6. The maximum Gasteiger partial charge on any atom is 2.00 e. The van der Waals surface area contributed by atoms with Crippen LogP contribution in [-0.2, 0) is 21.1 Å². The molecule has 0 aliphatic carbocycles. The molecular weight excluding hydrogens is 627 g/mol. The number of aromatic nitrogens is 12. The Kier molecular flexibility index (Phi) is 5.00. The molecule has 0 saturated heterocycles. The number of hydrogen-bond donors (Lipinski definition) is 0. The largest absolute Gasteiger partial charge is 2.00 e. The van der Waals surface area contributed by atoms with Crippen molar-refractivity contribution in [2.45, 2.75) is 0 Å². The minimum atomic E-state index is 0. The molecule has 0 N–H and O–H groups in total. The van der Waals surface area contributed by atoms with E-state index in [9.17, 15) is 0 Å². The normalized spacial score (nSPS) is 11.2. The molecule has 7 rings (SSSR count). The van der Waals surface area contributed by atoms with Crippen molar-refractivity contribution < 1.29 is 21.1 Å². The van der Waals surface area contributed by atoms with Crippen LogP contribution < -0.4 is 9.97 Å². The molecule has 0 atom stereocenters. The third-order valence-corrected chi connectivity index (χ3v) is 5.16. The Morgan fingerprint density at radius 2 is 0.686 bits per heavy atom. The maximum absolute atomic E-state index is 4.58. The SMILES string of the molecule is [Pt+2].c1ccc2c3nc4ncnc(n4)nc4[n-]c(nc5ncnc(n5)nc([n-]3)c2c1)c1ccccc41. The Labute approximate surface area is 209 Å². The predicted octanol–water partition coefficient (Wildman–Crippen LogP) is 2.15. The van der Waals surface area contributed by atoms with Gasteiger partial charge >= 0.3 is 21.1 Å². The van der Waals surface area contributed by atoms with Gasteiger partial charge in [0.1, 0.15) is 12.7 Å². The van der Waals surface area contributed by atoms with Crippen LogP contribution >= 0.6 is 0 Å². The quantitative estimate of drug-likeness (QED) is 0.239. The van der Waals surface area contributed by atoms with Crippen LogP contribution in [0.1, 0.15) is 0 Å². The number of rotatable bonds is 0. The summed E-state index contributed by atoms with van der Waals surface area (Å²) in [5, 5.41) is 3.15. The van der Waals surface area contributed by atoms with Crippen LogP contribution in [0.4, 0.5) is 0 Å². The Bertz CT molecular complexity index is 1720. The van der Waals surface area contributed by atoms with Crippen molar-refractivity contribution in [1.29, 1.82) is 0 Å². The van der Waals surface area contributed by atoms with Gasteiger partial charge in [0.25, 0.3) is 0 Å². The molecule has 2 aromatic carbocycles. The average Bonchev–Trinajstić information content (AvgIpc) is 3.37. The fourth-order valence-corrected chi connectivity index (χ4v) is 3.68. The summed E-state index contributed by atoms with van der Waals surface area (Å²) < 4.78 is 0. The van der Waals surface area contributed by atoms with E-state index >= 15 is 0 Å². The van der Waals surface area contributed by atoms with E-state index in [-0.39, 0.29) is 44.2 Å². The van der Waals surface area contributed by atoms with Crippen LogP contribution in [0.25, 0.3) is 67.2 Å². The first-order valence-corrected chi connectivity index (χ1v) is 10.2. The van der Waals surface area contributed by atoms with Gasteiger partial charge in [0.2, 0.25) is 0 Å². The Morgan fingerprint density at radius 1 is 0.400 bits per heavy atom. The van der Waals surface area contributed by atoms with Crippen molar-refractivity contribution >= 4 is 67.2 Å². The maximum atomic E-state index is 4.58. The molecule has 0 amide bonds. The minimum absolute atomic E-state index is 0. The summed E-state index contributed by atoms with van der Waals surface area (Å²) in [7, 11) is 0. The molecule has 13 heteroatoms. The van der Waals surface area contributed by atoms with Crippen LogP contribution in [0.3, 0.4) is 0 Å². The van der Waals surface area contributed by atoms with Crippen LogP contribution in [0.2, 0.25) is 0 Å². The van der Waals surface area contributed by atoms with Gasteiger partial charge in [-0.3, -0.25) is 0 Å². The van der Waals surface area contributed by atoms with Crippen molar-refractivity contribution in [3.63, 3.8) is 0 Å². The third kappa shape index (κ3) is 3.69. The molecule has 35 heavy (non-hydrogen) atoms. The summed E-state index contributed by atoms with van der Waals surface area (Å²) in [6, 6.07) is 15.2. The molecule has 168 valence electrons. The molecule has 0 radical (unpaired) electrons. The van der Waals surface area contributed by atoms with Crippen molar-refractivity contribution in [2.24, 2.45) is 0 Å². The van der Waals surface area contributed by atoms with Crippen LogP contribution in [0.15, 0.2) is 61.2 Å². The second kappa shape index (κ2) is 8.33. The number of nitrogens with zero attached hydrogens (tertiary/aromatic N) is 12. The van der Waals surface area contributed by atoms with Gasteiger partial charge in [0.05, 0.1) is 0 Å². The van der Waals surface area contributed by atoms with Gasteiger partial charge < -0.3 is 29.9 Å². The van der Waals surface area contributed by atoms with E-state index in [4.69, 9.17) is 0 Å². The molecule has 0 aliphatic rings. The summed E-state index contributed by atoms with van der Waals surface area (Å²) in [6.45, 7) is 0. The van der Waals surface area contributed by atoms with Gasteiger partial charge in [-0.2, -0.15) is 0 Å². The summed E-state index contributed by atoms with van der Waals surface area (Å²) in [5.74, 6) is 0.662. The predicted molar refractivity (Wildman–Crippen MR) is 123 cm³/mol. The van der Waals surface area contributed by atoms with E-state index in [0.29, 0.717) is 22.6 Å². The molecule has 7 aromatic rings. The van der Waals surface area contributed by atoms with Gasteiger partial charge in [-0.25, -0.2) is 29.9 Å². The zero-order valence-corrected chi connectivity index (χ0v) is 19.7. The van der Waals surface area contributed by atoms with Crippen molar-refractivity contribution in [3.8, 4) is 0 Å². The first-order valence-electron chi connectivity index (χ1n) is 10.2. The zero-order valence-electron chi connectivity index (χ0n) is 17.5. The number of benzene rings is 2. The van der Waals surface area contributed by atoms with Gasteiger partial charge in [-0.15, -0.1) is 0 Å². The topological polar surface area (TPSA) is 157 Å². The molecule has 0 aliphatic heterocycles. The molecule has 12 nitrogen and oxygen atoms in total. The van der Waals surface area contributed by atoms with Crippen LogP contribution in [-0.4, -0.2) is 49.8 Å². The van der Waals surface area contributed by atoms with E-state index in [2.05, 4.69) is 59.8 Å². The van der Waals surface area contributed by atoms with E-state index in [1.165, 1.54) is 12.7 Å². The summed E-state index contributed by atoms with van der Waals surface area (Å²) >= 11 is 0. The average molecular weight is 637 g/mol. The molecule has 0 spiro atoms. The monoisotopic (exact) mass is 637 g/mol. The number of hydrogen-bond acceptors (Lipinski definition) is 10. The first-order chi connectivity index (χ1) is 16.8. The molecule has 5 aromatic heterocycles. The zero-order chi connectivity index (χ0) is 22.5. The minimum Gasteiger partial charge on any atom is -0.357 e. The molecule has 0 fully saturated rings. The smallest absolute Gasteiger partial charge is 0.357 e. The molecule has 8 bridgehead atoms. The molecule has 5 heterocycles. The van der Waals surface area contributed by atoms with Crippen LogP contribution in [0, 0.1) is 0 Å². The fourth-order valence-electron chi connectivity index (χ4n) is 3.68. The molecular formula is C22H10N12Pt. The van der Waals surface area contributed by atoms with Gasteiger partial charge in [0, 0.05) is 22.6 Å². The van der Waals surface area contributed by atoms with Crippen molar-refractivity contribution in [3.05, 3.63) is 61.2 Å². The Morgan fingerprint density at radius 3 is 0.971 bits per heavy atom. The number of fused-ring (bicyclic) bond motifs is 14. The van der Waals surface area contributed by atoms with Gasteiger partial charge in [-0.1, -0.05) is 48.5 Å². The Hall–Kier alpha value is -4.57. The van der Waals surface area contributed by atoms with E-state index in [1.54, 1.807) is 0 Å². The third-order valence-electron chi connectivity index (χ3n) is 5.16. The standard InChI is InChI=1S/C22H10N12.Pt/c1-2-6-12-11(5-1)15-27-16(12)30-20-24-10-26-22(34-20)32-18-14-8-4-3-7-13(14)17(28-18)31-21-25-9-23-19(29-15)33-21;/h1-10H;/q-2;+2. The second-order valence-electron chi connectivity index (χ2n) is 7.23. The first kappa shape index (κ1) is 21.0. The Balaban J connectivity index is 0.00000229. The molecule has 0 saturated carbocycles. The van der Waals surface area contributed by atoms with Crippen molar-refractivity contribution in [1.82, 2.24) is 59.8 Å². The summed E-state index contributed by atoms with van der Waals surface area (Å²) in [5.41, 5.74) is 1.65. The molecule has 0 unspecified atom stereocenters.